The molecule has 3 rings (SSSR count). The molecule has 3 heterocycles. The maximum Gasteiger partial charge on any atom is 0.165 e. The fourth-order valence-corrected chi connectivity index (χ4v) is 2.70. The molecule has 108 valence electrons. The van der Waals surface area contributed by atoms with Gasteiger partial charge in [0.05, 0.1) is 12.1 Å². The van der Waals surface area contributed by atoms with Crippen LogP contribution in [0.3, 0.4) is 0 Å². The number of aliphatic hydroxyl groups is 3. The van der Waals surface area contributed by atoms with Crippen molar-refractivity contribution in [3.05, 3.63) is 24.5 Å². The standard InChI is InChI=1S/C13H17N3O4/c1-13(19)10(18)9(6-17)20-12(13)16-5-3-7-8(16)2-4-15-11(7)14/h2-5,9-10,12,17-19H,6H2,1H3,(H2,14,15)/t9-,10-,12-,13-/m1/s1. The zero-order chi connectivity index (χ0) is 14.5. The molecule has 0 radical (unpaired) electrons. The Morgan fingerprint density at radius 3 is 2.90 bits per heavy atom. The minimum absolute atomic E-state index is 0.364. The number of hydrogen-bond acceptors (Lipinski definition) is 6. The van der Waals surface area contributed by atoms with Gasteiger partial charge in [0.2, 0.25) is 0 Å². The van der Waals surface area contributed by atoms with Gasteiger partial charge in [0.1, 0.15) is 23.6 Å². The lowest BCUT2D eigenvalue weighted by atomic mass is 9.96. The Hall–Kier alpha value is -1.67. The summed E-state index contributed by atoms with van der Waals surface area (Å²) in [6, 6.07) is 3.53. The van der Waals surface area contributed by atoms with Crippen LogP contribution in [0.15, 0.2) is 24.5 Å². The van der Waals surface area contributed by atoms with E-state index in [4.69, 9.17) is 10.5 Å². The second-order valence-electron chi connectivity index (χ2n) is 5.23. The predicted molar refractivity (Wildman–Crippen MR) is 71.8 cm³/mol. The molecule has 7 heteroatoms. The van der Waals surface area contributed by atoms with Crippen molar-refractivity contribution in [3.63, 3.8) is 0 Å². The summed E-state index contributed by atoms with van der Waals surface area (Å²) in [5.74, 6) is 0.387. The molecule has 0 bridgehead atoms. The quantitative estimate of drug-likeness (QED) is 0.596. The fraction of sp³-hybridized carbons (Fsp3) is 0.462. The zero-order valence-corrected chi connectivity index (χ0v) is 11.0. The Morgan fingerprint density at radius 2 is 2.25 bits per heavy atom. The Morgan fingerprint density at radius 1 is 1.50 bits per heavy atom. The van der Waals surface area contributed by atoms with Gasteiger partial charge in [0.25, 0.3) is 0 Å². The van der Waals surface area contributed by atoms with Gasteiger partial charge in [-0.2, -0.15) is 0 Å². The molecule has 1 fully saturated rings. The summed E-state index contributed by atoms with van der Waals surface area (Å²) in [4.78, 5) is 4.00. The van der Waals surface area contributed by atoms with E-state index in [9.17, 15) is 15.3 Å². The van der Waals surface area contributed by atoms with E-state index in [0.717, 1.165) is 10.9 Å². The van der Waals surface area contributed by atoms with Crippen molar-refractivity contribution in [1.29, 1.82) is 0 Å². The van der Waals surface area contributed by atoms with Gasteiger partial charge in [0.15, 0.2) is 6.23 Å². The van der Waals surface area contributed by atoms with Crippen molar-refractivity contribution in [1.82, 2.24) is 9.55 Å². The third-order valence-electron chi connectivity index (χ3n) is 3.87. The van der Waals surface area contributed by atoms with Crippen molar-refractivity contribution < 1.29 is 20.1 Å². The molecule has 2 aromatic rings. The van der Waals surface area contributed by atoms with E-state index in [0.29, 0.717) is 5.82 Å². The van der Waals surface area contributed by atoms with Gasteiger partial charge >= 0.3 is 0 Å². The minimum atomic E-state index is -1.52. The zero-order valence-electron chi connectivity index (χ0n) is 11.0. The first kappa shape index (κ1) is 13.3. The lowest BCUT2D eigenvalue weighted by Gasteiger charge is -2.28. The highest BCUT2D eigenvalue weighted by atomic mass is 16.6. The van der Waals surface area contributed by atoms with E-state index in [2.05, 4.69) is 4.98 Å². The van der Waals surface area contributed by atoms with Crippen molar-refractivity contribution >= 4 is 16.7 Å². The summed E-state index contributed by atoms with van der Waals surface area (Å²) >= 11 is 0. The number of rotatable bonds is 2. The van der Waals surface area contributed by atoms with Crippen molar-refractivity contribution in [2.24, 2.45) is 0 Å². The molecule has 0 spiro atoms. The third kappa shape index (κ3) is 1.71. The number of aromatic nitrogens is 2. The molecule has 0 aliphatic carbocycles. The first-order valence-corrected chi connectivity index (χ1v) is 6.34. The fourth-order valence-electron chi connectivity index (χ4n) is 2.70. The molecule has 5 N–H and O–H groups in total. The van der Waals surface area contributed by atoms with Crippen molar-refractivity contribution in [2.45, 2.75) is 31.0 Å². The molecular weight excluding hydrogens is 262 g/mol. The van der Waals surface area contributed by atoms with Crippen LogP contribution in [-0.2, 0) is 4.74 Å². The van der Waals surface area contributed by atoms with Crippen LogP contribution < -0.4 is 5.73 Å². The normalized spacial score (nSPS) is 33.9. The number of pyridine rings is 1. The van der Waals surface area contributed by atoms with E-state index in [1.54, 1.807) is 29.1 Å². The van der Waals surface area contributed by atoms with Crippen molar-refractivity contribution in [2.75, 3.05) is 12.3 Å². The van der Waals surface area contributed by atoms with Gasteiger partial charge in [-0.05, 0) is 19.1 Å². The molecule has 4 atom stereocenters. The summed E-state index contributed by atoms with van der Waals surface area (Å²) in [5.41, 5.74) is 5.03. The third-order valence-corrected chi connectivity index (χ3v) is 3.87. The van der Waals surface area contributed by atoms with Gasteiger partial charge in [-0.25, -0.2) is 4.98 Å². The Bertz CT molecular complexity index is 640. The predicted octanol–water partition coefficient (Wildman–Crippen LogP) is -0.380. The van der Waals surface area contributed by atoms with E-state index in [1.807, 2.05) is 0 Å². The van der Waals surface area contributed by atoms with Gasteiger partial charge < -0.3 is 30.4 Å². The second kappa shape index (κ2) is 4.42. The van der Waals surface area contributed by atoms with E-state index >= 15 is 0 Å². The number of anilines is 1. The molecule has 2 aromatic heterocycles. The smallest absolute Gasteiger partial charge is 0.165 e. The topological polar surface area (TPSA) is 114 Å². The van der Waals surface area contributed by atoms with Crippen molar-refractivity contribution in [3.8, 4) is 0 Å². The molecule has 1 aliphatic heterocycles. The first-order valence-electron chi connectivity index (χ1n) is 6.34. The summed E-state index contributed by atoms with van der Waals surface area (Å²) in [6.07, 6.45) is 0.473. The van der Waals surface area contributed by atoms with Crippen LogP contribution in [0.1, 0.15) is 13.2 Å². The molecule has 20 heavy (non-hydrogen) atoms. The van der Waals surface area contributed by atoms with Gasteiger partial charge in [-0.1, -0.05) is 0 Å². The molecule has 0 saturated carbocycles. The van der Waals surface area contributed by atoms with Gasteiger partial charge in [0, 0.05) is 17.8 Å². The monoisotopic (exact) mass is 279 g/mol. The molecule has 0 amide bonds. The van der Waals surface area contributed by atoms with Crippen LogP contribution in [0.4, 0.5) is 5.82 Å². The maximum absolute atomic E-state index is 10.5. The van der Waals surface area contributed by atoms with Crippen LogP contribution in [0.5, 0.6) is 0 Å². The summed E-state index contributed by atoms with van der Waals surface area (Å²) in [5, 5.41) is 30.4. The van der Waals surface area contributed by atoms with Gasteiger partial charge in [-0.3, -0.25) is 0 Å². The largest absolute Gasteiger partial charge is 0.394 e. The van der Waals surface area contributed by atoms with Crippen LogP contribution in [-0.4, -0.2) is 49.3 Å². The van der Waals surface area contributed by atoms with Crippen LogP contribution in [0.2, 0.25) is 0 Å². The highest BCUT2D eigenvalue weighted by Gasteiger charge is 2.52. The molecule has 0 unspecified atom stereocenters. The second-order valence-corrected chi connectivity index (χ2v) is 5.23. The SMILES string of the molecule is C[C@@]1(O)[C@H](O)[C@@H](CO)O[C@H]1n1ccc2c(N)nccc21. The Labute approximate surface area is 115 Å². The molecule has 7 nitrogen and oxygen atoms in total. The number of nitrogen functional groups attached to an aromatic ring is 1. The van der Waals surface area contributed by atoms with Crippen LogP contribution in [0.25, 0.3) is 10.9 Å². The molecule has 1 saturated heterocycles. The highest BCUT2D eigenvalue weighted by molar-refractivity contribution is 5.89. The molecule has 0 aromatic carbocycles. The van der Waals surface area contributed by atoms with E-state index in [-0.39, 0.29) is 6.61 Å². The lowest BCUT2D eigenvalue weighted by Crippen LogP contribution is -2.44. The van der Waals surface area contributed by atoms with Gasteiger partial charge in [-0.15, -0.1) is 0 Å². The average molecular weight is 279 g/mol. The van der Waals surface area contributed by atoms with E-state index < -0.39 is 24.0 Å². The van der Waals surface area contributed by atoms with Crippen LogP contribution in [0, 0.1) is 0 Å². The minimum Gasteiger partial charge on any atom is -0.394 e. The van der Waals surface area contributed by atoms with E-state index in [1.165, 1.54) is 6.92 Å². The average Bonchev–Trinajstić information content (AvgIpc) is 2.92. The van der Waals surface area contributed by atoms with Crippen LogP contribution >= 0.6 is 0 Å². The summed E-state index contributed by atoms with van der Waals surface area (Å²) < 4.78 is 7.27. The maximum atomic E-state index is 10.5. The number of ether oxygens (including phenoxy) is 1. The Balaban J connectivity index is 2.10. The number of nitrogens with two attached hydrogens (primary N) is 1. The number of fused-ring (bicyclic) bond motifs is 1. The number of aliphatic hydroxyl groups excluding tert-OH is 2. The number of hydrogen-bond donors (Lipinski definition) is 4. The molecule has 1 aliphatic rings. The number of nitrogens with zero attached hydrogens (tertiary/aromatic N) is 2. The lowest BCUT2D eigenvalue weighted by molar-refractivity contribution is -0.0946. The first-order chi connectivity index (χ1) is 9.46. The molecular formula is C13H17N3O4. The summed E-state index contributed by atoms with van der Waals surface area (Å²) in [7, 11) is 0. The highest BCUT2D eigenvalue weighted by Crippen LogP contribution is 2.40. The Kier molecular flexibility index (Phi) is 2.94. The summed E-state index contributed by atoms with van der Waals surface area (Å²) in [6.45, 7) is 1.12.